The van der Waals surface area contributed by atoms with Crippen molar-refractivity contribution in [3.8, 4) is 65.6 Å². The van der Waals surface area contributed by atoms with Gasteiger partial charge in [-0.15, -0.1) is 21.5 Å². The molecule has 0 unspecified atom stereocenters. The molecule has 230 valence electrons. The van der Waals surface area contributed by atoms with E-state index < -0.39 is 0 Å². The van der Waals surface area contributed by atoms with Gasteiger partial charge in [0.15, 0.2) is 0 Å². The fraction of sp³-hybridized carbons (Fsp3) is 0. The molecule has 0 saturated carbocycles. The first kappa shape index (κ1) is 29.0. The molecule has 0 amide bonds. The molecule has 7 aromatic carbocycles. The van der Waals surface area contributed by atoms with E-state index in [0.29, 0.717) is 0 Å². The first-order valence-corrected chi connectivity index (χ1v) is 17.3. The number of thiophene rings is 1. The average molecular weight is 643 g/mol. The molecule has 0 aliphatic heterocycles. The molecule has 0 radical (unpaired) electrons. The lowest BCUT2D eigenvalue weighted by Gasteiger charge is -2.21. The molecule has 0 atom stereocenters. The van der Waals surface area contributed by atoms with E-state index in [1.807, 2.05) is 11.3 Å². The van der Waals surface area contributed by atoms with E-state index in [-0.39, 0.29) is 0 Å². The molecular formula is C46H30N2S. The summed E-state index contributed by atoms with van der Waals surface area (Å²) in [7, 11) is 0. The van der Waals surface area contributed by atoms with Gasteiger partial charge in [-0.25, -0.2) is 0 Å². The summed E-state index contributed by atoms with van der Waals surface area (Å²) in [6.07, 6.45) is 0. The minimum atomic E-state index is 0.875. The maximum absolute atomic E-state index is 5.10. The third-order valence-corrected chi connectivity index (χ3v) is 10.5. The van der Waals surface area contributed by atoms with Crippen LogP contribution in [0.15, 0.2) is 182 Å². The lowest BCUT2D eigenvalue weighted by atomic mass is 9.82. The molecule has 0 N–H and O–H groups in total. The maximum Gasteiger partial charge on any atom is 0.101 e. The Labute approximate surface area is 289 Å². The number of rotatable bonds is 6. The molecule has 2 nitrogen and oxygen atoms in total. The first-order valence-electron chi connectivity index (χ1n) is 16.5. The normalized spacial score (nSPS) is 11.3. The third kappa shape index (κ3) is 5.04. The van der Waals surface area contributed by atoms with E-state index in [1.54, 1.807) is 0 Å². The van der Waals surface area contributed by atoms with Crippen LogP contribution in [0, 0.1) is 0 Å². The maximum atomic E-state index is 5.10. The number of hydrogen-bond donors (Lipinski definition) is 0. The van der Waals surface area contributed by atoms with Crippen molar-refractivity contribution in [3.63, 3.8) is 0 Å². The second-order valence-corrected chi connectivity index (χ2v) is 13.1. The molecule has 2 aromatic heterocycles. The zero-order valence-electron chi connectivity index (χ0n) is 26.6. The van der Waals surface area contributed by atoms with Crippen LogP contribution in [0.2, 0.25) is 0 Å². The van der Waals surface area contributed by atoms with Gasteiger partial charge in [-0.3, -0.25) is 0 Å². The highest BCUT2D eigenvalue weighted by Crippen LogP contribution is 2.56. The lowest BCUT2D eigenvalue weighted by molar-refractivity contribution is 1.06. The summed E-state index contributed by atoms with van der Waals surface area (Å²) in [6, 6.07) is 64.4. The van der Waals surface area contributed by atoms with Crippen molar-refractivity contribution < 1.29 is 0 Å². The minimum absolute atomic E-state index is 0.875. The highest BCUT2D eigenvalue weighted by molar-refractivity contribution is 7.21. The Morgan fingerprint density at radius 2 is 0.531 bits per heavy atom. The Kier molecular flexibility index (Phi) is 7.38. The summed E-state index contributed by atoms with van der Waals surface area (Å²) >= 11 is 1.87. The van der Waals surface area contributed by atoms with Crippen LogP contribution in [0.1, 0.15) is 0 Å². The predicted molar refractivity (Wildman–Crippen MR) is 208 cm³/mol. The van der Waals surface area contributed by atoms with Crippen LogP contribution >= 0.6 is 11.3 Å². The van der Waals surface area contributed by atoms with Gasteiger partial charge in [0.05, 0.1) is 0 Å². The van der Waals surface area contributed by atoms with Crippen LogP contribution in [0.25, 0.3) is 87.2 Å². The van der Waals surface area contributed by atoms with E-state index in [0.717, 1.165) is 44.4 Å². The SMILES string of the molecule is c1ccc(-c2nnc(-c3ccccc3)c3c(-c4ccccc4)c4c(-c5ccccc5)sc(-c5ccccc5)c4c(-c4ccccc4)c23)cc1. The smallest absolute Gasteiger partial charge is 0.101 e. The molecular weight excluding hydrogens is 613 g/mol. The molecule has 0 bridgehead atoms. The summed E-state index contributed by atoms with van der Waals surface area (Å²) < 4.78 is 0. The quantitative estimate of drug-likeness (QED) is 0.180. The molecule has 49 heavy (non-hydrogen) atoms. The van der Waals surface area contributed by atoms with E-state index in [4.69, 9.17) is 10.2 Å². The van der Waals surface area contributed by atoms with E-state index in [9.17, 15) is 0 Å². The summed E-state index contributed by atoms with van der Waals surface area (Å²) in [5.74, 6) is 0. The molecule has 0 fully saturated rings. The van der Waals surface area contributed by atoms with Crippen LogP contribution in [0.4, 0.5) is 0 Å². The van der Waals surface area contributed by atoms with Crippen LogP contribution in [0.5, 0.6) is 0 Å². The number of benzene rings is 7. The van der Waals surface area contributed by atoms with Gasteiger partial charge in [0.2, 0.25) is 0 Å². The molecule has 0 saturated heterocycles. The van der Waals surface area contributed by atoms with Crippen molar-refractivity contribution in [1.82, 2.24) is 10.2 Å². The van der Waals surface area contributed by atoms with Crippen LogP contribution in [0.3, 0.4) is 0 Å². The molecule has 2 heterocycles. The monoisotopic (exact) mass is 642 g/mol. The summed E-state index contributed by atoms with van der Waals surface area (Å²) in [6.45, 7) is 0. The zero-order valence-corrected chi connectivity index (χ0v) is 27.4. The summed E-state index contributed by atoms with van der Waals surface area (Å²) in [5.41, 5.74) is 10.9. The van der Waals surface area contributed by atoms with Gasteiger partial charge in [-0.1, -0.05) is 182 Å². The Hall–Kier alpha value is -6.16. The number of hydrogen-bond acceptors (Lipinski definition) is 3. The van der Waals surface area contributed by atoms with E-state index in [2.05, 4.69) is 182 Å². The molecule has 0 aliphatic carbocycles. The molecule has 0 spiro atoms. The van der Waals surface area contributed by atoms with Gasteiger partial charge >= 0.3 is 0 Å². The number of nitrogens with zero attached hydrogens (tertiary/aromatic N) is 2. The largest absolute Gasteiger partial charge is 0.149 e. The van der Waals surface area contributed by atoms with E-state index in [1.165, 1.54) is 42.8 Å². The van der Waals surface area contributed by atoms with Crippen molar-refractivity contribution in [3.05, 3.63) is 182 Å². The van der Waals surface area contributed by atoms with Crippen molar-refractivity contribution in [2.45, 2.75) is 0 Å². The lowest BCUT2D eigenvalue weighted by Crippen LogP contribution is -2.00. The van der Waals surface area contributed by atoms with Gasteiger partial charge in [0, 0.05) is 53.6 Å². The van der Waals surface area contributed by atoms with Crippen LogP contribution < -0.4 is 0 Å². The van der Waals surface area contributed by atoms with Crippen molar-refractivity contribution in [2.24, 2.45) is 0 Å². The topological polar surface area (TPSA) is 25.8 Å². The highest BCUT2D eigenvalue weighted by Gasteiger charge is 2.29. The highest BCUT2D eigenvalue weighted by atomic mass is 32.1. The van der Waals surface area contributed by atoms with Crippen molar-refractivity contribution in [2.75, 3.05) is 0 Å². The van der Waals surface area contributed by atoms with E-state index >= 15 is 0 Å². The fourth-order valence-corrected chi connectivity index (χ4v) is 8.37. The Balaban J connectivity index is 1.63. The molecule has 9 rings (SSSR count). The second kappa shape index (κ2) is 12.5. The molecule has 9 aromatic rings. The summed E-state index contributed by atoms with van der Waals surface area (Å²) in [4.78, 5) is 2.48. The Morgan fingerprint density at radius 3 is 0.837 bits per heavy atom. The summed E-state index contributed by atoms with van der Waals surface area (Å²) in [5, 5.41) is 14.9. The number of aromatic nitrogens is 2. The van der Waals surface area contributed by atoms with Gasteiger partial charge in [-0.2, -0.15) is 0 Å². The van der Waals surface area contributed by atoms with Gasteiger partial charge in [0.25, 0.3) is 0 Å². The van der Waals surface area contributed by atoms with Crippen molar-refractivity contribution in [1.29, 1.82) is 0 Å². The minimum Gasteiger partial charge on any atom is -0.149 e. The second-order valence-electron chi connectivity index (χ2n) is 12.1. The third-order valence-electron chi connectivity index (χ3n) is 9.17. The zero-order chi connectivity index (χ0) is 32.6. The standard InChI is InChI=1S/C46H30N2S/c1-7-19-31(20-8-1)37-39-40(44(34-25-13-4-14-26-34)48-47-43(39)33-23-11-3-12-24-33)38(32-21-9-2-10-22-32)42-41(37)45(35-27-15-5-16-28-35)49-46(42)36-29-17-6-18-30-36/h1-30H. The fourth-order valence-electron chi connectivity index (χ4n) is 7.05. The van der Waals surface area contributed by atoms with Gasteiger partial charge in [0.1, 0.15) is 11.4 Å². The Bertz CT molecular complexity index is 2370. The van der Waals surface area contributed by atoms with Crippen LogP contribution in [-0.2, 0) is 0 Å². The molecule has 0 aliphatic rings. The molecule has 3 heteroatoms. The van der Waals surface area contributed by atoms with Gasteiger partial charge < -0.3 is 0 Å². The Morgan fingerprint density at radius 1 is 0.265 bits per heavy atom. The van der Waals surface area contributed by atoms with Gasteiger partial charge in [-0.05, 0) is 22.3 Å². The average Bonchev–Trinajstić information content (AvgIpc) is 3.58. The number of fused-ring (bicyclic) bond motifs is 2. The predicted octanol–water partition coefficient (Wildman–Crippen LogP) is 12.8. The van der Waals surface area contributed by atoms with Crippen LogP contribution in [-0.4, -0.2) is 10.2 Å². The van der Waals surface area contributed by atoms with Crippen molar-refractivity contribution >= 4 is 32.9 Å². The first-order chi connectivity index (χ1) is 24.4.